The van der Waals surface area contributed by atoms with Gasteiger partial charge in [-0.1, -0.05) is 73.5 Å². The number of aromatic nitrogens is 2. The Bertz CT molecular complexity index is 1140. The van der Waals surface area contributed by atoms with E-state index in [0.717, 1.165) is 24.0 Å². The van der Waals surface area contributed by atoms with Crippen molar-refractivity contribution in [3.8, 4) is 0 Å². The molecule has 3 aromatic rings. The predicted octanol–water partition coefficient (Wildman–Crippen LogP) is 4.74. The summed E-state index contributed by atoms with van der Waals surface area (Å²) in [5.74, 6) is -1.09. The zero-order valence-corrected chi connectivity index (χ0v) is 18.7. The van der Waals surface area contributed by atoms with Gasteiger partial charge in [0.05, 0.1) is 12.2 Å². The maximum atomic E-state index is 12.2. The van der Waals surface area contributed by atoms with Crippen molar-refractivity contribution in [2.24, 2.45) is 5.73 Å². The molecule has 0 spiro atoms. The number of hydrogen-bond donors (Lipinski definition) is 2. The summed E-state index contributed by atoms with van der Waals surface area (Å²) in [6.45, 7) is 2.42. The van der Waals surface area contributed by atoms with Gasteiger partial charge in [0, 0.05) is 23.4 Å². The van der Waals surface area contributed by atoms with Crippen LogP contribution in [0.4, 0.5) is 0 Å². The molecule has 0 radical (unpaired) electrons. The second-order valence-electron chi connectivity index (χ2n) is 7.54. The largest absolute Gasteiger partial charge is 0.478 e. The predicted molar refractivity (Wildman–Crippen MR) is 126 cm³/mol. The Kier molecular flexibility index (Phi) is 7.84. The van der Waals surface area contributed by atoms with Gasteiger partial charge in [0.25, 0.3) is 5.91 Å². The molecule has 0 fully saturated rings. The minimum absolute atomic E-state index is 0.0648. The number of amides is 1. The van der Waals surface area contributed by atoms with Gasteiger partial charge in [-0.3, -0.25) is 4.79 Å². The van der Waals surface area contributed by atoms with Crippen LogP contribution < -0.4 is 5.73 Å². The summed E-state index contributed by atoms with van der Waals surface area (Å²) >= 11 is 6.38. The number of nitrogens with two attached hydrogens (primary N) is 1. The zero-order chi connectivity index (χ0) is 23.1. The van der Waals surface area contributed by atoms with E-state index < -0.39 is 11.9 Å². The molecule has 0 unspecified atom stereocenters. The van der Waals surface area contributed by atoms with Crippen LogP contribution in [0.15, 0.2) is 60.2 Å². The maximum absolute atomic E-state index is 12.2. The molecular formula is C25H26ClN3O3. The summed E-state index contributed by atoms with van der Waals surface area (Å²) in [5, 5.41) is 10.4. The van der Waals surface area contributed by atoms with Gasteiger partial charge in [-0.2, -0.15) is 0 Å². The number of imidazole rings is 1. The molecule has 32 heavy (non-hydrogen) atoms. The Labute approximate surface area is 192 Å². The Balaban J connectivity index is 2.15. The number of primary amides is 1. The van der Waals surface area contributed by atoms with E-state index in [4.69, 9.17) is 17.3 Å². The van der Waals surface area contributed by atoms with Crippen molar-refractivity contribution in [1.82, 2.24) is 9.55 Å². The van der Waals surface area contributed by atoms with Gasteiger partial charge >= 0.3 is 5.97 Å². The molecule has 2 aromatic carbocycles. The minimum atomic E-state index is -1.06. The lowest BCUT2D eigenvalue weighted by Crippen LogP contribution is -2.15. The van der Waals surface area contributed by atoms with Crippen molar-refractivity contribution >= 4 is 29.6 Å². The third-order valence-electron chi connectivity index (χ3n) is 5.18. The maximum Gasteiger partial charge on any atom is 0.331 e. The highest BCUT2D eigenvalue weighted by Crippen LogP contribution is 2.24. The first-order valence-corrected chi connectivity index (χ1v) is 10.9. The van der Waals surface area contributed by atoms with Crippen molar-refractivity contribution in [3.05, 3.63) is 93.5 Å². The number of rotatable bonds is 10. The number of halogens is 1. The molecule has 3 N–H and O–H groups in total. The molecule has 0 saturated heterocycles. The first-order valence-electron chi connectivity index (χ1n) is 10.5. The van der Waals surface area contributed by atoms with Crippen molar-refractivity contribution in [2.45, 2.75) is 39.2 Å². The topological polar surface area (TPSA) is 98.2 Å². The Morgan fingerprint density at radius 2 is 1.81 bits per heavy atom. The second-order valence-corrected chi connectivity index (χ2v) is 7.95. The Morgan fingerprint density at radius 3 is 2.44 bits per heavy atom. The SMILES string of the molecule is CCCCc1nc(C(N)=O)c(C=C(Cc2ccccc2)C(=O)O)n1Cc1ccccc1Cl. The van der Waals surface area contributed by atoms with E-state index in [2.05, 4.69) is 11.9 Å². The third-order valence-corrected chi connectivity index (χ3v) is 5.55. The molecule has 1 aromatic heterocycles. The number of carbonyl (C=O) groups is 2. The molecule has 7 heteroatoms. The normalized spacial score (nSPS) is 11.5. The molecule has 166 valence electrons. The van der Waals surface area contributed by atoms with Crippen molar-refractivity contribution in [2.75, 3.05) is 0 Å². The molecular weight excluding hydrogens is 426 g/mol. The van der Waals surface area contributed by atoms with E-state index in [-0.39, 0.29) is 17.7 Å². The number of carbonyl (C=O) groups excluding carboxylic acids is 1. The van der Waals surface area contributed by atoms with Gasteiger partial charge in [0.15, 0.2) is 5.69 Å². The van der Waals surface area contributed by atoms with Gasteiger partial charge in [0.2, 0.25) is 0 Å². The molecule has 1 amide bonds. The number of benzene rings is 2. The number of aryl methyl sites for hydroxylation is 1. The molecule has 0 saturated carbocycles. The lowest BCUT2D eigenvalue weighted by atomic mass is 10.0. The molecule has 0 aliphatic rings. The summed E-state index contributed by atoms with van der Waals surface area (Å²) < 4.78 is 1.85. The number of hydrogen-bond acceptors (Lipinski definition) is 3. The lowest BCUT2D eigenvalue weighted by molar-refractivity contribution is -0.132. The number of nitrogens with zero attached hydrogens (tertiary/aromatic N) is 2. The van der Waals surface area contributed by atoms with E-state index in [0.29, 0.717) is 29.5 Å². The van der Waals surface area contributed by atoms with Crippen LogP contribution in [0.25, 0.3) is 6.08 Å². The van der Waals surface area contributed by atoms with Crippen LogP contribution in [0.2, 0.25) is 5.02 Å². The first kappa shape index (κ1) is 23.3. The van der Waals surface area contributed by atoms with Crippen molar-refractivity contribution < 1.29 is 14.7 Å². The lowest BCUT2D eigenvalue weighted by Gasteiger charge is -2.13. The molecule has 6 nitrogen and oxygen atoms in total. The van der Waals surface area contributed by atoms with Crippen LogP contribution >= 0.6 is 11.6 Å². The van der Waals surface area contributed by atoms with Gasteiger partial charge in [-0.25, -0.2) is 9.78 Å². The molecule has 1 heterocycles. The molecule has 3 rings (SSSR count). The highest BCUT2D eigenvalue weighted by Gasteiger charge is 2.22. The van der Waals surface area contributed by atoms with Crippen LogP contribution in [-0.2, 0) is 24.2 Å². The van der Waals surface area contributed by atoms with Crippen molar-refractivity contribution in [3.63, 3.8) is 0 Å². The Hall–Kier alpha value is -3.38. The summed E-state index contributed by atoms with van der Waals surface area (Å²) in [6, 6.07) is 16.7. The molecule has 0 aliphatic carbocycles. The fourth-order valence-corrected chi connectivity index (χ4v) is 3.70. The Morgan fingerprint density at radius 1 is 1.12 bits per heavy atom. The van der Waals surface area contributed by atoms with Crippen LogP contribution in [0.3, 0.4) is 0 Å². The van der Waals surface area contributed by atoms with E-state index >= 15 is 0 Å². The van der Waals surface area contributed by atoms with E-state index in [9.17, 15) is 14.7 Å². The van der Waals surface area contributed by atoms with Crippen LogP contribution in [0, 0.1) is 0 Å². The summed E-state index contributed by atoms with van der Waals surface area (Å²) in [4.78, 5) is 28.8. The fourth-order valence-electron chi connectivity index (χ4n) is 3.51. The summed E-state index contributed by atoms with van der Waals surface area (Å²) in [6.07, 6.45) is 4.17. The van der Waals surface area contributed by atoms with Crippen molar-refractivity contribution in [1.29, 1.82) is 0 Å². The van der Waals surface area contributed by atoms with Gasteiger partial charge < -0.3 is 15.4 Å². The average molecular weight is 452 g/mol. The number of carboxylic acid groups (broad SMARTS) is 1. The highest BCUT2D eigenvalue weighted by molar-refractivity contribution is 6.31. The smallest absolute Gasteiger partial charge is 0.331 e. The summed E-state index contributed by atoms with van der Waals surface area (Å²) in [5.41, 5.74) is 7.92. The minimum Gasteiger partial charge on any atom is -0.478 e. The van der Waals surface area contributed by atoms with E-state index in [1.807, 2.05) is 53.1 Å². The van der Waals surface area contributed by atoms with Crippen LogP contribution in [0.5, 0.6) is 0 Å². The third kappa shape index (κ3) is 5.65. The van der Waals surface area contributed by atoms with E-state index in [1.54, 1.807) is 6.07 Å². The highest BCUT2D eigenvalue weighted by atomic mass is 35.5. The fraction of sp³-hybridized carbons (Fsp3) is 0.240. The zero-order valence-electron chi connectivity index (χ0n) is 17.9. The van der Waals surface area contributed by atoms with Gasteiger partial charge in [-0.15, -0.1) is 0 Å². The number of unbranched alkanes of at least 4 members (excludes halogenated alkanes) is 1. The molecule has 0 atom stereocenters. The first-order chi connectivity index (χ1) is 15.4. The van der Waals surface area contributed by atoms with Gasteiger partial charge in [-0.05, 0) is 29.7 Å². The summed E-state index contributed by atoms with van der Waals surface area (Å²) in [7, 11) is 0. The molecule has 0 bridgehead atoms. The quantitative estimate of drug-likeness (QED) is 0.435. The number of aliphatic carboxylic acids is 1. The van der Waals surface area contributed by atoms with Crippen LogP contribution in [0.1, 0.15) is 52.9 Å². The number of carboxylic acids is 1. The van der Waals surface area contributed by atoms with Crippen LogP contribution in [-0.4, -0.2) is 26.5 Å². The molecule has 0 aliphatic heterocycles. The average Bonchev–Trinajstić information content (AvgIpc) is 3.11. The standard InChI is InChI=1S/C25H26ClN3O3/c1-2-3-13-22-28-23(24(27)30)21(29(22)16-18-11-7-8-12-20(18)26)15-19(25(31)32)14-17-9-5-4-6-10-17/h4-12,15H,2-3,13-14,16H2,1H3,(H2,27,30)(H,31,32). The monoisotopic (exact) mass is 451 g/mol. The second kappa shape index (κ2) is 10.8. The van der Waals surface area contributed by atoms with E-state index in [1.165, 1.54) is 6.08 Å². The van der Waals surface area contributed by atoms with Gasteiger partial charge in [0.1, 0.15) is 5.82 Å².